The Morgan fingerprint density at radius 3 is 2.09 bits per heavy atom. The zero-order chi connectivity index (χ0) is 24.0. The van der Waals surface area contributed by atoms with Crippen LogP contribution in [0.4, 0.5) is 0 Å². The molecule has 0 aromatic heterocycles. The van der Waals surface area contributed by atoms with Crippen LogP contribution in [-0.4, -0.2) is 63.1 Å². The summed E-state index contributed by atoms with van der Waals surface area (Å²) >= 11 is 0. The standard InChI is InChI=1S/C25H33NO7/c1-6-32-19-11-10-16(13-20(19)33-7-2)23(26-12-8-9-18(26)25(27)28)17-14-21(29-3)24(31-5)22(15-17)30-4/h10-11,13-15,18,23H,6-9,12H2,1-5H3,(H,27,28). The molecular weight excluding hydrogens is 426 g/mol. The number of methoxy groups -OCH3 is 3. The summed E-state index contributed by atoms with van der Waals surface area (Å²) in [6.07, 6.45) is 1.39. The Bertz CT molecular complexity index is 937. The van der Waals surface area contributed by atoms with E-state index in [1.807, 2.05) is 49.1 Å². The van der Waals surface area contributed by atoms with E-state index in [9.17, 15) is 9.90 Å². The van der Waals surface area contributed by atoms with Gasteiger partial charge in [-0.15, -0.1) is 0 Å². The van der Waals surface area contributed by atoms with E-state index in [0.29, 0.717) is 54.9 Å². The molecule has 0 amide bonds. The first-order chi connectivity index (χ1) is 16.0. The average molecular weight is 460 g/mol. The van der Waals surface area contributed by atoms with Crippen LogP contribution in [0.3, 0.4) is 0 Å². The Hall–Kier alpha value is -3.13. The maximum absolute atomic E-state index is 12.1. The van der Waals surface area contributed by atoms with E-state index in [4.69, 9.17) is 23.7 Å². The van der Waals surface area contributed by atoms with E-state index in [1.54, 1.807) is 21.3 Å². The maximum atomic E-state index is 12.1. The maximum Gasteiger partial charge on any atom is 0.320 e. The highest BCUT2D eigenvalue weighted by Crippen LogP contribution is 2.45. The average Bonchev–Trinajstić information content (AvgIpc) is 3.30. The SMILES string of the molecule is CCOc1ccc(C(c2cc(OC)c(OC)c(OC)c2)N2CCCC2C(=O)O)cc1OCC. The van der Waals surface area contributed by atoms with Gasteiger partial charge in [0.1, 0.15) is 6.04 Å². The van der Waals surface area contributed by atoms with Gasteiger partial charge >= 0.3 is 5.97 Å². The molecule has 1 saturated heterocycles. The third-order valence-electron chi connectivity index (χ3n) is 5.80. The number of aliphatic carboxylic acids is 1. The summed E-state index contributed by atoms with van der Waals surface area (Å²) in [5, 5.41) is 9.91. The van der Waals surface area contributed by atoms with Crippen molar-refractivity contribution in [2.45, 2.75) is 38.8 Å². The Kier molecular flexibility index (Phi) is 8.27. The number of carbonyl (C=O) groups is 1. The number of likely N-dealkylation sites (tertiary alicyclic amines) is 1. The van der Waals surface area contributed by atoms with Crippen LogP contribution >= 0.6 is 0 Å². The molecule has 1 aliphatic heterocycles. The first-order valence-electron chi connectivity index (χ1n) is 11.2. The molecule has 180 valence electrons. The van der Waals surface area contributed by atoms with E-state index in [0.717, 1.165) is 17.5 Å². The molecule has 1 heterocycles. The van der Waals surface area contributed by atoms with Gasteiger partial charge in [-0.2, -0.15) is 0 Å². The first kappa shape index (κ1) is 24.5. The van der Waals surface area contributed by atoms with Gasteiger partial charge in [-0.3, -0.25) is 9.69 Å². The second-order valence-electron chi connectivity index (χ2n) is 7.67. The number of ether oxygens (including phenoxy) is 5. The lowest BCUT2D eigenvalue weighted by atomic mass is 9.95. The third kappa shape index (κ3) is 5.11. The topological polar surface area (TPSA) is 86.7 Å². The van der Waals surface area contributed by atoms with E-state index in [-0.39, 0.29) is 6.04 Å². The summed E-state index contributed by atoms with van der Waals surface area (Å²) in [4.78, 5) is 14.1. The summed E-state index contributed by atoms with van der Waals surface area (Å²) < 4.78 is 28.2. The highest BCUT2D eigenvalue weighted by molar-refractivity contribution is 5.74. The molecule has 2 atom stereocenters. The highest BCUT2D eigenvalue weighted by Gasteiger charge is 2.38. The molecule has 2 aromatic carbocycles. The Balaban J connectivity index is 2.20. The molecule has 0 bridgehead atoms. The summed E-state index contributed by atoms with van der Waals surface area (Å²) in [7, 11) is 4.69. The lowest BCUT2D eigenvalue weighted by molar-refractivity contribution is -0.142. The predicted molar refractivity (Wildman–Crippen MR) is 124 cm³/mol. The molecule has 0 aliphatic carbocycles. The van der Waals surface area contributed by atoms with Crippen LogP contribution in [0.2, 0.25) is 0 Å². The molecule has 8 heteroatoms. The van der Waals surface area contributed by atoms with Crippen LogP contribution in [0.5, 0.6) is 28.7 Å². The van der Waals surface area contributed by atoms with Crippen LogP contribution in [0.25, 0.3) is 0 Å². The summed E-state index contributed by atoms with van der Waals surface area (Å²) in [5.41, 5.74) is 1.73. The van der Waals surface area contributed by atoms with Crippen LogP contribution in [-0.2, 0) is 4.79 Å². The molecule has 1 N–H and O–H groups in total. The van der Waals surface area contributed by atoms with Crippen molar-refractivity contribution in [2.75, 3.05) is 41.1 Å². The fourth-order valence-electron chi connectivity index (χ4n) is 4.44. The van der Waals surface area contributed by atoms with Gasteiger partial charge in [0.2, 0.25) is 5.75 Å². The quantitative estimate of drug-likeness (QED) is 0.536. The first-order valence-corrected chi connectivity index (χ1v) is 11.2. The molecule has 0 saturated carbocycles. The minimum Gasteiger partial charge on any atom is -0.493 e. The molecule has 8 nitrogen and oxygen atoms in total. The normalized spacial score (nSPS) is 16.8. The van der Waals surface area contributed by atoms with Crippen molar-refractivity contribution >= 4 is 5.97 Å². The van der Waals surface area contributed by atoms with Gasteiger partial charge in [0.05, 0.1) is 40.6 Å². The number of carboxylic acids is 1. The van der Waals surface area contributed by atoms with Gasteiger partial charge in [0.15, 0.2) is 23.0 Å². The number of carboxylic acid groups (broad SMARTS) is 1. The molecule has 0 spiro atoms. The van der Waals surface area contributed by atoms with Crippen LogP contribution in [0.1, 0.15) is 43.9 Å². The van der Waals surface area contributed by atoms with Crippen molar-refractivity contribution in [3.63, 3.8) is 0 Å². The van der Waals surface area contributed by atoms with E-state index < -0.39 is 12.0 Å². The van der Waals surface area contributed by atoms with Gasteiger partial charge in [-0.1, -0.05) is 6.07 Å². The zero-order valence-corrected chi connectivity index (χ0v) is 19.9. The predicted octanol–water partition coefficient (Wildman–Crippen LogP) is 4.15. The van der Waals surface area contributed by atoms with Crippen molar-refractivity contribution in [2.24, 2.45) is 0 Å². The Morgan fingerprint density at radius 1 is 0.939 bits per heavy atom. The number of hydrogen-bond donors (Lipinski definition) is 1. The number of nitrogens with zero attached hydrogens (tertiary/aromatic N) is 1. The number of rotatable bonds is 11. The smallest absolute Gasteiger partial charge is 0.320 e. The molecule has 1 fully saturated rings. The second-order valence-corrected chi connectivity index (χ2v) is 7.67. The minimum absolute atomic E-state index is 0.364. The summed E-state index contributed by atoms with van der Waals surface area (Å²) in [6, 6.07) is 8.55. The fraction of sp³-hybridized carbons (Fsp3) is 0.480. The molecule has 0 radical (unpaired) electrons. The minimum atomic E-state index is -0.832. The third-order valence-corrected chi connectivity index (χ3v) is 5.80. The number of benzene rings is 2. The van der Waals surface area contributed by atoms with Crippen molar-refractivity contribution in [1.82, 2.24) is 4.90 Å². The molecular formula is C25H33NO7. The molecule has 2 aromatic rings. The van der Waals surface area contributed by atoms with Gasteiger partial charge in [0, 0.05) is 6.54 Å². The van der Waals surface area contributed by atoms with Crippen molar-refractivity contribution in [1.29, 1.82) is 0 Å². The van der Waals surface area contributed by atoms with Crippen molar-refractivity contribution < 1.29 is 33.6 Å². The highest BCUT2D eigenvalue weighted by atomic mass is 16.5. The van der Waals surface area contributed by atoms with Crippen LogP contribution in [0, 0.1) is 0 Å². The number of hydrogen-bond acceptors (Lipinski definition) is 7. The van der Waals surface area contributed by atoms with Gasteiger partial charge in [-0.05, 0) is 62.1 Å². The Morgan fingerprint density at radius 2 is 1.55 bits per heavy atom. The van der Waals surface area contributed by atoms with E-state index >= 15 is 0 Å². The van der Waals surface area contributed by atoms with Gasteiger partial charge in [-0.25, -0.2) is 0 Å². The summed E-state index contributed by atoms with van der Waals surface area (Å²) in [6.45, 7) is 5.49. The van der Waals surface area contributed by atoms with Gasteiger partial charge in [0.25, 0.3) is 0 Å². The van der Waals surface area contributed by atoms with E-state index in [2.05, 4.69) is 0 Å². The summed E-state index contributed by atoms with van der Waals surface area (Å²) in [5.74, 6) is 1.96. The lowest BCUT2D eigenvalue weighted by Gasteiger charge is -2.33. The monoisotopic (exact) mass is 459 g/mol. The van der Waals surface area contributed by atoms with Crippen LogP contribution < -0.4 is 23.7 Å². The zero-order valence-electron chi connectivity index (χ0n) is 19.9. The van der Waals surface area contributed by atoms with Crippen LogP contribution in [0.15, 0.2) is 30.3 Å². The fourth-order valence-corrected chi connectivity index (χ4v) is 4.44. The Labute approximate surface area is 195 Å². The largest absolute Gasteiger partial charge is 0.493 e. The molecule has 33 heavy (non-hydrogen) atoms. The van der Waals surface area contributed by atoms with Crippen molar-refractivity contribution in [3.8, 4) is 28.7 Å². The molecule has 3 rings (SSSR count). The van der Waals surface area contributed by atoms with Crippen molar-refractivity contribution in [3.05, 3.63) is 41.5 Å². The van der Waals surface area contributed by atoms with Gasteiger partial charge < -0.3 is 28.8 Å². The molecule has 2 unspecified atom stereocenters. The lowest BCUT2D eigenvalue weighted by Crippen LogP contribution is -2.39. The molecule has 1 aliphatic rings. The second kappa shape index (κ2) is 11.1. The van der Waals surface area contributed by atoms with E-state index in [1.165, 1.54) is 0 Å².